The monoisotopic (exact) mass is 249 g/mol. The lowest BCUT2D eigenvalue weighted by molar-refractivity contribution is -0.119. The van der Waals surface area contributed by atoms with E-state index in [0.29, 0.717) is 6.54 Å². The summed E-state index contributed by atoms with van der Waals surface area (Å²) in [4.78, 5) is 37.5. The van der Waals surface area contributed by atoms with Gasteiger partial charge in [0.15, 0.2) is 0 Å². The van der Waals surface area contributed by atoms with E-state index in [0.717, 1.165) is 0 Å². The number of carboxylic acids is 1. The molecular weight excluding hydrogens is 238 g/mol. The Hall–Kier alpha value is -2.44. The molecule has 2 heterocycles. The van der Waals surface area contributed by atoms with Gasteiger partial charge >= 0.3 is 5.97 Å². The van der Waals surface area contributed by atoms with Crippen LogP contribution in [-0.2, 0) is 4.79 Å². The molecule has 7 heteroatoms. The summed E-state index contributed by atoms with van der Waals surface area (Å²) >= 11 is 0. The van der Waals surface area contributed by atoms with Crippen molar-refractivity contribution in [2.45, 2.75) is 12.5 Å². The van der Waals surface area contributed by atoms with Gasteiger partial charge in [0.05, 0.1) is 11.6 Å². The molecule has 1 fully saturated rings. The highest BCUT2D eigenvalue weighted by molar-refractivity contribution is 6.03. The Balaban J connectivity index is 2.14. The van der Waals surface area contributed by atoms with Crippen LogP contribution in [0.15, 0.2) is 18.3 Å². The molecule has 0 aromatic carbocycles. The number of pyridine rings is 1. The first-order valence-corrected chi connectivity index (χ1v) is 5.34. The smallest absolute Gasteiger partial charge is 0.338 e. The maximum absolute atomic E-state index is 11.9. The van der Waals surface area contributed by atoms with Crippen LogP contribution in [0, 0.1) is 0 Å². The van der Waals surface area contributed by atoms with Gasteiger partial charge in [-0.25, -0.2) is 4.79 Å². The third kappa shape index (κ3) is 2.45. The van der Waals surface area contributed by atoms with Crippen LogP contribution >= 0.6 is 0 Å². The number of aromatic carboxylic acids is 1. The summed E-state index contributed by atoms with van der Waals surface area (Å²) in [5.74, 6) is -1.94. The van der Waals surface area contributed by atoms with Gasteiger partial charge in [-0.3, -0.25) is 14.6 Å². The molecule has 1 aliphatic rings. The minimum absolute atomic E-state index is 0.139. The Morgan fingerprint density at radius 3 is 2.89 bits per heavy atom. The second-order valence-electron chi connectivity index (χ2n) is 3.88. The van der Waals surface area contributed by atoms with Crippen molar-refractivity contribution < 1.29 is 19.5 Å². The topological polar surface area (TPSA) is 108 Å². The molecule has 0 bridgehead atoms. The van der Waals surface area contributed by atoms with Crippen LogP contribution in [0.4, 0.5) is 0 Å². The Bertz CT molecular complexity index is 515. The highest BCUT2D eigenvalue weighted by atomic mass is 16.4. The summed E-state index contributed by atoms with van der Waals surface area (Å²) in [6.07, 6.45) is 1.54. The van der Waals surface area contributed by atoms with Crippen LogP contribution < -0.4 is 10.6 Å². The van der Waals surface area contributed by atoms with Gasteiger partial charge in [-0.2, -0.15) is 0 Å². The van der Waals surface area contributed by atoms with Crippen molar-refractivity contribution in [3.63, 3.8) is 0 Å². The first kappa shape index (κ1) is 12.0. The molecule has 1 aromatic rings. The van der Waals surface area contributed by atoms with Crippen LogP contribution in [0.1, 0.15) is 27.3 Å². The van der Waals surface area contributed by atoms with Gasteiger partial charge in [0, 0.05) is 19.2 Å². The molecule has 0 saturated carbocycles. The Kier molecular flexibility index (Phi) is 3.22. The number of amides is 2. The largest absolute Gasteiger partial charge is 0.478 e. The summed E-state index contributed by atoms with van der Waals surface area (Å²) in [5, 5.41) is 14.1. The van der Waals surface area contributed by atoms with E-state index in [-0.39, 0.29) is 29.6 Å². The second-order valence-corrected chi connectivity index (χ2v) is 3.88. The van der Waals surface area contributed by atoms with E-state index in [1.165, 1.54) is 18.3 Å². The van der Waals surface area contributed by atoms with Crippen LogP contribution in [0.25, 0.3) is 0 Å². The predicted octanol–water partition coefficient (Wildman–Crippen LogP) is -0.602. The van der Waals surface area contributed by atoms with E-state index in [1.807, 2.05) is 0 Å². The minimum atomic E-state index is -1.21. The lowest BCUT2D eigenvalue weighted by Crippen LogP contribution is -2.37. The van der Waals surface area contributed by atoms with Gasteiger partial charge in [0.25, 0.3) is 5.91 Å². The van der Waals surface area contributed by atoms with Gasteiger partial charge in [0.2, 0.25) is 5.91 Å². The van der Waals surface area contributed by atoms with E-state index in [1.54, 1.807) is 0 Å². The Morgan fingerprint density at radius 1 is 1.50 bits per heavy atom. The van der Waals surface area contributed by atoms with Gasteiger partial charge in [-0.15, -0.1) is 0 Å². The van der Waals surface area contributed by atoms with Crippen molar-refractivity contribution in [1.29, 1.82) is 0 Å². The molecule has 1 aliphatic heterocycles. The molecule has 1 aromatic heterocycles. The molecule has 3 N–H and O–H groups in total. The normalized spacial score (nSPS) is 18.2. The Morgan fingerprint density at radius 2 is 2.28 bits per heavy atom. The average molecular weight is 249 g/mol. The third-order valence-electron chi connectivity index (χ3n) is 2.57. The number of carboxylic acid groups (broad SMARTS) is 1. The number of hydrogen-bond donors (Lipinski definition) is 3. The fourth-order valence-corrected chi connectivity index (χ4v) is 1.72. The van der Waals surface area contributed by atoms with Crippen LogP contribution in [-0.4, -0.2) is 40.5 Å². The van der Waals surface area contributed by atoms with Crippen LogP contribution in [0.2, 0.25) is 0 Å². The first-order valence-electron chi connectivity index (χ1n) is 5.34. The van der Waals surface area contributed by atoms with E-state index >= 15 is 0 Å². The standard InChI is InChI=1S/C11H11N3O4/c15-8-4-6(5-13-8)14-10(16)9-7(11(17)18)2-1-3-12-9/h1-3,6H,4-5H2,(H,13,15)(H,14,16)(H,17,18). The van der Waals surface area contributed by atoms with Crippen LogP contribution in [0.3, 0.4) is 0 Å². The van der Waals surface area contributed by atoms with Gasteiger partial charge in [0.1, 0.15) is 5.69 Å². The lowest BCUT2D eigenvalue weighted by Gasteiger charge is -2.10. The zero-order valence-electron chi connectivity index (χ0n) is 9.34. The maximum Gasteiger partial charge on any atom is 0.338 e. The summed E-state index contributed by atoms with van der Waals surface area (Å²) in [6, 6.07) is 2.43. The van der Waals surface area contributed by atoms with Crippen molar-refractivity contribution in [2.24, 2.45) is 0 Å². The molecule has 0 aliphatic carbocycles. The number of aromatic nitrogens is 1. The number of carbonyl (C=O) groups is 3. The molecule has 18 heavy (non-hydrogen) atoms. The van der Waals surface area contributed by atoms with Crippen molar-refractivity contribution in [1.82, 2.24) is 15.6 Å². The number of hydrogen-bond acceptors (Lipinski definition) is 4. The number of nitrogens with zero attached hydrogens (tertiary/aromatic N) is 1. The van der Waals surface area contributed by atoms with Gasteiger partial charge < -0.3 is 15.7 Å². The number of nitrogens with one attached hydrogen (secondary N) is 2. The molecule has 1 unspecified atom stereocenters. The maximum atomic E-state index is 11.9. The zero-order valence-corrected chi connectivity index (χ0v) is 9.34. The molecule has 2 amide bonds. The van der Waals surface area contributed by atoms with E-state index in [9.17, 15) is 14.4 Å². The van der Waals surface area contributed by atoms with E-state index in [4.69, 9.17) is 5.11 Å². The molecule has 1 atom stereocenters. The summed E-state index contributed by atoms with van der Waals surface area (Å²) in [7, 11) is 0. The van der Waals surface area contributed by atoms with E-state index in [2.05, 4.69) is 15.6 Å². The molecule has 0 radical (unpaired) electrons. The molecule has 7 nitrogen and oxygen atoms in total. The molecule has 2 rings (SSSR count). The fraction of sp³-hybridized carbons (Fsp3) is 0.273. The quantitative estimate of drug-likeness (QED) is 0.662. The van der Waals surface area contributed by atoms with Gasteiger partial charge in [-0.05, 0) is 12.1 Å². The SMILES string of the molecule is O=C1CC(NC(=O)c2ncccc2C(=O)O)CN1. The first-order chi connectivity index (χ1) is 8.58. The Labute approximate surface area is 102 Å². The molecule has 0 spiro atoms. The molecule has 1 saturated heterocycles. The highest BCUT2D eigenvalue weighted by Gasteiger charge is 2.25. The van der Waals surface area contributed by atoms with Crippen LogP contribution in [0.5, 0.6) is 0 Å². The minimum Gasteiger partial charge on any atom is -0.478 e. The summed E-state index contributed by atoms with van der Waals surface area (Å²) in [5.41, 5.74) is -0.309. The van der Waals surface area contributed by atoms with Crippen molar-refractivity contribution >= 4 is 17.8 Å². The summed E-state index contributed by atoms with van der Waals surface area (Å²) < 4.78 is 0. The molecular formula is C11H11N3O4. The van der Waals surface area contributed by atoms with Crippen molar-refractivity contribution in [2.75, 3.05) is 6.54 Å². The summed E-state index contributed by atoms with van der Waals surface area (Å²) in [6.45, 7) is 0.347. The predicted molar refractivity (Wildman–Crippen MR) is 60.1 cm³/mol. The van der Waals surface area contributed by atoms with E-state index < -0.39 is 11.9 Å². The highest BCUT2D eigenvalue weighted by Crippen LogP contribution is 2.07. The second kappa shape index (κ2) is 4.82. The zero-order chi connectivity index (χ0) is 13.1. The lowest BCUT2D eigenvalue weighted by atomic mass is 10.1. The van der Waals surface area contributed by atoms with Crippen molar-refractivity contribution in [3.05, 3.63) is 29.6 Å². The number of carbonyl (C=O) groups excluding carboxylic acids is 2. The third-order valence-corrected chi connectivity index (χ3v) is 2.57. The van der Waals surface area contributed by atoms with Gasteiger partial charge in [-0.1, -0.05) is 0 Å². The number of rotatable bonds is 3. The molecule has 94 valence electrons. The average Bonchev–Trinajstić information content (AvgIpc) is 2.74. The fourth-order valence-electron chi connectivity index (χ4n) is 1.72. The van der Waals surface area contributed by atoms with Crippen molar-refractivity contribution in [3.8, 4) is 0 Å².